The van der Waals surface area contributed by atoms with Gasteiger partial charge in [0, 0.05) is 34.2 Å². The predicted molar refractivity (Wildman–Crippen MR) is 86.9 cm³/mol. The lowest BCUT2D eigenvalue weighted by Crippen LogP contribution is -2.47. The first-order chi connectivity index (χ1) is 10.5. The third kappa shape index (κ3) is 2.04. The summed E-state index contributed by atoms with van der Waals surface area (Å²) in [6.45, 7) is 5.89. The van der Waals surface area contributed by atoms with E-state index in [-0.39, 0.29) is 17.5 Å². The summed E-state index contributed by atoms with van der Waals surface area (Å²) in [4.78, 5) is 28.2. The van der Waals surface area contributed by atoms with Gasteiger partial charge in [0.25, 0.3) is 0 Å². The van der Waals surface area contributed by atoms with Gasteiger partial charge in [0.05, 0.1) is 5.92 Å². The normalized spacial score (nSPS) is 24.2. The van der Waals surface area contributed by atoms with Crippen LogP contribution in [0.5, 0.6) is 0 Å². The second-order valence-corrected chi connectivity index (χ2v) is 6.03. The van der Waals surface area contributed by atoms with E-state index >= 15 is 0 Å². The van der Waals surface area contributed by atoms with Gasteiger partial charge in [0.15, 0.2) is 5.43 Å². The Morgan fingerprint density at radius 3 is 2.68 bits per heavy atom. The molecule has 0 radical (unpaired) electrons. The van der Waals surface area contributed by atoms with Crippen LogP contribution in [0.3, 0.4) is 0 Å². The minimum atomic E-state index is -0.520. The average molecular weight is 299 g/mol. The van der Waals surface area contributed by atoms with Crippen molar-refractivity contribution in [2.75, 3.05) is 0 Å². The largest absolute Gasteiger partial charge is 0.369 e. The van der Waals surface area contributed by atoms with Gasteiger partial charge in [0.2, 0.25) is 5.91 Å². The average Bonchev–Trinajstić information content (AvgIpc) is 2.45. The Hall–Kier alpha value is -2.14. The molecular formula is C17H21N3O2. The Bertz CT molecular complexity index is 809. The zero-order valence-corrected chi connectivity index (χ0v) is 13.1. The van der Waals surface area contributed by atoms with Crippen molar-refractivity contribution in [2.24, 2.45) is 5.73 Å². The number of primary amides is 1. The van der Waals surface area contributed by atoms with E-state index in [1.54, 1.807) is 0 Å². The molecular weight excluding hydrogens is 278 g/mol. The Morgan fingerprint density at radius 2 is 2.05 bits per heavy atom. The number of benzene rings is 1. The number of pyridine rings is 1. The van der Waals surface area contributed by atoms with Crippen molar-refractivity contribution < 1.29 is 4.79 Å². The standard InChI is InChI=1S/C17H21N3O2/c1-4-10-6-5-7-11-14(10)16(21)12-8(2)19-9(3)13(17(18)22)15(12)20-11/h5-9,13,19H,4H2,1-3H3,(H2,18,22)(H,20,21). The fourth-order valence-electron chi connectivity index (χ4n) is 3.62. The lowest BCUT2D eigenvalue weighted by Gasteiger charge is -2.34. The van der Waals surface area contributed by atoms with E-state index in [0.717, 1.165) is 22.9 Å². The number of fused-ring (bicyclic) bond motifs is 2. The Kier molecular flexibility index (Phi) is 3.53. The molecule has 1 aliphatic rings. The summed E-state index contributed by atoms with van der Waals surface area (Å²) in [6, 6.07) is 5.56. The molecule has 2 aromatic rings. The molecule has 0 saturated carbocycles. The van der Waals surface area contributed by atoms with Crippen LogP contribution >= 0.6 is 0 Å². The molecule has 0 fully saturated rings. The zero-order valence-electron chi connectivity index (χ0n) is 13.1. The molecule has 5 heteroatoms. The van der Waals surface area contributed by atoms with Crippen LogP contribution in [0.1, 0.15) is 49.6 Å². The molecule has 1 aliphatic heterocycles. The van der Waals surface area contributed by atoms with Crippen LogP contribution in [-0.4, -0.2) is 16.9 Å². The minimum absolute atomic E-state index is 0.000602. The number of amides is 1. The lowest BCUT2D eigenvalue weighted by atomic mass is 9.84. The second kappa shape index (κ2) is 5.25. The topological polar surface area (TPSA) is 88.0 Å². The number of carbonyl (C=O) groups excluding carboxylic acids is 1. The van der Waals surface area contributed by atoms with E-state index in [0.29, 0.717) is 11.3 Å². The maximum absolute atomic E-state index is 13.0. The quantitative estimate of drug-likeness (QED) is 0.789. The highest BCUT2D eigenvalue weighted by Gasteiger charge is 2.36. The zero-order chi connectivity index (χ0) is 16.0. The van der Waals surface area contributed by atoms with Crippen LogP contribution in [0.2, 0.25) is 0 Å². The number of rotatable bonds is 2. The van der Waals surface area contributed by atoms with Crippen LogP contribution in [0.4, 0.5) is 0 Å². The van der Waals surface area contributed by atoms with Crippen molar-refractivity contribution in [3.05, 3.63) is 45.2 Å². The van der Waals surface area contributed by atoms with Crippen LogP contribution in [0.15, 0.2) is 23.0 Å². The van der Waals surface area contributed by atoms with Gasteiger partial charge in [-0.1, -0.05) is 19.1 Å². The molecule has 2 heterocycles. The number of nitrogens with one attached hydrogen (secondary N) is 2. The molecule has 0 saturated heterocycles. The van der Waals surface area contributed by atoms with Crippen molar-refractivity contribution in [1.29, 1.82) is 0 Å². The summed E-state index contributed by atoms with van der Waals surface area (Å²) in [5, 5.41) is 4.01. The predicted octanol–water partition coefficient (Wildman–Crippen LogP) is 1.71. The van der Waals surface area contributed by atoms with Crippen LogP contribution in [-0.2, 0) is 11.2 Å². The summed E-state index contributed by atoms with van der Waals surface area (Å²) in [5.41, 5.74) is 8.66. The smallest absolute Gasteiger partial charge is 0.228 e. The van der Waals surface area contributed by atoms with Gasteiger partial charge in [-0.15, -0.1) is 0 Å². The Labute approximate surface area is 128 Å². The van der Waals surface area contributed by atoms with Gasteiger partial charge in [0.1, 0.15) is 0 Å². The van der Waals surface area contributed by atoms with E-state index in [4.69, 9.17) is 5.73 Å². The van der Waals surface area contributed by atoms with Crippen LogP contribution in [0.25, 0.3) is 10.9 Å². The van der Waals surface area contributed by atoms with Gasteiger partial charge in [-0.05, 0) is 31.9 Å². The SMILES string of the molecule is CCc1cccc2[nH]c3c(c(=O)c12)C(C)NC(C)C3C(N)=O. The molecule has 0 aliphatic carbocycles. The van der Waals surface area contributed by atoms with Gasteiger partial charge >= 0.3 is 0 Å². The van der Waals surface area contributed by atoms with Crippen molar-refractivity contribution >= 4 is 16.8 Å². The van der Waals surface area contributed by atoms with Crippen molar-refractivity contribution in [2.45, 2.75) is 45.2 Å². The van der Waals surface area contributed by atoms with Crippen molar-refractivity contribution in [3.63, 3.8) is 0 Å². The molecule has 1 amide bonds. The second-order valence-electron chi connectivity index (χ2n) is 6.03. The van der Waals surface area contributed by atoms with E-state index < -0.39 is 11.8 Å². The number of hydrogen-bond donors (Lipinski definition) is 3. The molecule has 3 unspecified atom stereocenters. The summed E-state index contributed by atoms with van der Waals surface area (Å²) in [7, 11) is 0. The van der Waals surface area contributed by atoms with Crippen LogP contribution in [0, 0.1) is 0 Å². The molecule has 0 bridgehead atoms. The number of aromatic nitrogens is 1. The van der Waals surface area contributed by atoms with Crippen molar-refractivity contribution in [3.8, 4) is 0 Å². The number of aryl methyl sites for hydroxylation is 1. The molecule has 1 aromatic heterocycles. The maximum Gasteiger partial charge on any atom is 0.228 e. The van der Waals surface area contributed by atoms with E-state index in [1.165, 1.54) is 0 Å². The van der Waals surface area contributed by atoms with Gasteiger partial charge in [-0.2, -0.15) is 0 Å². The first-order valence-corrected chi connectivity index (χ1v) is 7.68. The third-order valence-corrected chi connectivity index (χ3v) is 4.63. The summed E-state index contributed by atoms with van der Waals surface area (Å²) < 4.78 is 0. The number of nitrogens with two attached hydrogens (primary N) is 1. The molecule has 116 valence electrons. The summed E-state index contributed by atoms with van der Waals surface area (Å²) in [5.74, 6) is -0.941. The third-order valence-electron chi connectivity index (χ3n) is 4.63. The van der Waals surface area contributed by atoms with Gasteiger partial charge in [-0.25, -0.2) is 0 Å². The fraction of sp³-hybridized carbons (Fsp3) is 0.412. The van der Waals surface area contributed by atoms with Gasteiger partial charge in [-0.3, -0.25) is 9.59 Å². The van der Waals surface area contributed by atoms with E-state index in [9.17, 15) is 9.59 Å². The first-order valence-electron chi connectivity index (χ1n) is 7.68. The van der Waals surface area contributed by atoms with Crippen molar-refractivity contribution in [1.82, 2.24) is 10.3 Å². The minimum Gasteiger partial charge on any atom is -0.369 e. The molecule has 5 nitrogen and oxygen atoms in total. The maximum atomic E-state index is 13.0. The number of hydrogen-bond acceptors (Lipinski definition) is 3. The summed E-state index contributed by atoms with van der Waals surface area (Å²) in [6.07, 6.45) is 0.788. The molecule has 3 rings (SSSR count). The molecule has 3 atom stereocenters. The number of H-pyrrole nitrogens is 1. The Balaban J connectivity index is 2.40. The monoisotopic (exact) mass is 299 g/mol. The molecule has 0 spiro atoms. The highest BCUT2D eigenvalue weighted by atomic mass is 16.1. The number of aromatic amines is 1. The van der Waals surface area contributed by atoms with E-state index in [1.807, 2.05) is 39.0 Å². The van der Waals surface area contributed by atoms with E-state index in [2.05, 4.69) is 10.3 Å². The molecule has 1 aromatic carbocycles. The fourth-order valence-corrected chi connectivity index (χ4v) is 3.62. The summed E-state index contributed by atoms with van der Waals surface area (Å²) >= 11 is 0. The highest BCUT2D eigenvalue weighted by Crippen LogP contribution is 2.32. The van der Waals surface area contributed by atoms with Crippen LogP contribution < -0.4 is 16.5 Å². The highest BCUT2D eigenvalue weighted by molar-refractivity contribution is 5.87. The lowest BCUT2D eigenvalue weighted by molar-refractivity contribution is -0.120. The molecule has 4 N–H and O–H groups in total. The Morgan fingerprint density at radius 1 is 1.32 bits per heavy atom. The first kappa shape index (κ1) is 14.8. The van der Waals surface area contributed by atoms with Gasteiger partial charge < -0.3 is 16.0 Å². The number of carbonyl (C=O) groups is 1. The molecule has 22 heavy (non-hydrogen) atoms.